The standard InChI is InChI=1S/C12H14N4O3S/c1-13-5-10(17)16-12-15-9(6-20-12)7-3-8(14-4-7)11(18)19-2/h3-4,6,13-14H,5H2,1-2H3,(H,15,16,17). The second-order valence-electron chi connectivity index (χ2n) is 3.91. The number of carbonyl (C=O) groups is 2. The van der Waals surface area contributed by atoms with Gasteiger partial charge < -0.3 is 20.4 Å². The van der Waals surface area contributed by atoms with E-state index in [0.29, 0.717) is 16.5 Å². The molecule has 0 spiro atoms. The number of amides is 1. The molecular weight excluding hydrogens is 280 g/mol. The molecule has 0 radical (unpaired) electrons. The molecule has 1 amide bonds. The van der Waals surface area contributed by atoms with Crippen molar-refractivity contribution in [1.29, 1.82) is 0 Å². The topological polar surface area (TPSA) is 96.1 Å². The molecule has 2 heterocycles. The first-order valence-electron chi connectivity index (χ1n) is 5.81. The van der Waals surface area contributed by atoms with Crippen LogP contribution in [0, 0.1) is 0 Å². The minimum absolute atomic E-state index is 0.155. The molecule has 106 valence electrons. The van der Waals surface area contributed by atoms with Gasteiger partial charge in [0.05, 0.1) is 19.3 Å². The van der Waals surface area contributed by atoms with Gasteiger partial charge in [-0.1, -0.05) is 0 Å². The molecule has 0 saturated heterocycles. The van der Waals surface area contributed by atoms with Gasteiger partial charge in [0.2, 0.25) is 5.91 Å². The summed E-state index contributed by atoms with van der Waals surface area (Å²) in [7, 11) is 3.02. The van der Waals surface area contributed by atoms with E-state index in [1.807, 2.05) is 0 Å². The molecule has 20 heavy (non-hydrogen) atoms. The number of hydrogen-bond donors (Lipinski definition) is 3. The van der Waals surface area contributed by atoms with Crippen LogP contribution >= 0.6 is 11.3 Å². The number of thiazole rings is 1. The van der Waals surface area contributed by atoms with E-state index in [1.54, 1.807) is 24.7 Å². The van der Waals surface area contributed by atoms with Crippen molar-refractivity contribution in [3.05, 3.63) is 23.3 Å². The molecular formula is C12H14N4O3S. The highest BCUT2D eigenvalue weighted by atomic mass is 32.1. The lowest BCUT2D eigenvalue weighted by atomic mass is 10.2. The van der Waals surface area contributed by atoms with Gasteiger partial charge in [0.25, 0.3) is 0 Å². The molecule has 0 aliphatic rings. The summed E-state index contributed by atoms with van der Waals surface area (Å²) >= 11 is 1.32. The number of methoxy groups -OCH3 is 1. The molecule has 0 saturated carbocycles. The summed E-state index contributed by atoms with van der Waals surface area (Å²) in [5.41, 5.74) is 1.80. The van der Waals surface area contributed by atoms with Crippen molar-refractivity contribution in [1.82, 2.24) is 15.3 Å². The predicted molar refractivity (Wildman–Crippen MR) is 75.8 cm³/mol. The van der Waals surface area contributed by atoms with E-state index in [1.165, 1.54) is 18.4 Å². The van der Waals surface area contributed by atoms with Gasteiger partial charge in [-0.05, 0) is 13.1 Å². The fraction of sp³-hybridized carbons (Fsp3) is 0.250. The van der Waals surface area contributed by atoms with Crippen LogP contribution < -0.4 is 10.6 Å². The highest BCUT2D eigenvalue weighted by Crippen LogP contribution is 2.25. The largest absolute Gasteiger partial charge is 0.464 e. The van der Waals surface area contributed by atoms with Gasteiger partial charge in [0, 0.05) is 17.1 Å². The summed E-state index contributed by atoms with van der Waals surface area (Å²) in [4.78, 5) is 29.9. The Balaban J connectivity index is 2.10. The summed E-state index contributed by atoms with van der Waals surface area (Å²) in [5.74, 6) is -0.591. The Kier molecular flexibility index (Phi) is 4.49. The number of ether oxygens (including phenoxy) is 1. The Morgan fingerprint density at radius 1 is 1.50 bits per heavy atom. The lowest BCUT2D eigenvalue weighted by molar-refractivity contribution is -0.115. The molecule has 0 unspecified atom stereocenters. The minimum atomic E-state index is -0.436. The maximum atomic E-state index is 11.4. The fourth-order valence-corrected chi connectivity index (χ4v) is 2.29. The molecule has 2 aromatic rings. The summed E-state index contributed by atoms with van der Waals surface area (Å²) in [6.07, 6.45) is 1.67. The zero-order chi connectivity index (χ0) is 14.5. The van der Waals surface area contributed by atoms with Crippen LogP contribution in [0.2, 0.25) is 0 Å². The van der Waals surface area contributed by atoms with E-state index < -0.39 is 5.97 Å². The third-order valence-electron chi connectivity index (χ3n) is 2.47. The monoisotopic (exact) mass is 294 g/mol. The minimum Gasteiger partial charge on any atom is -0.464 e. The molecule has 8 heteroatoms. The molecule has 0 aromatic carbocycles. The molecule has 0 fully saturated rings. The van der Waals surface area contributed by atoms with E-state index in [2.05, 4.69) is 25.3 Å². The molecule has 7 nitrogen and oxygen atoms in total. The number of nitrogens with zero attached hydrogens (tertiary/aromatic N) is 1. The van der Waals surface area contributed by atoms with Gasteiger partial charge in [-0.2, -0.15) is 0 Å². The Morgan fingerprint density at radius 2 is 2.30 bits per heavy atom. The van der Waals surface area contributed by atoms with Crippen LogP contribution in [0.5, 0.6) is 0 Å². The summed E-state index contributed by atoms with van der Waals surface area (Å²) < 4.78 is 4.62. The number of hydrogen-bond acceptors (Lipinski definition) is 6. The van der Waals surface area contributed by atoms with E-state index in [0.717, 1.165) is 5.56 Å². The number of nitrogens with one attached hydrogen (secondary N) is 3. The Hall–Kier alpha value is -2.19. The van der Waals surface area contributed by atoms with Crippen LogP contribution in [0.25, 0.3) is 11.3 Å². The van der Waals surface area contributed by atoms with Gasteiger partial charge in [-0.15, -0.1) is 11.3 Å². The zero-order valence-corrected chi connectivity index (χ0v) is 11.8. The van der Waals surface area contributed by atoms with Crippen LogP contribution in [0.1, 0.15) is 10.5 Å². The lowest BCUT2D eigenvalue weighted by Crippen LogP contribution is -2.24. The van der Waals surface area contributed by atoms with Crippen LogP contribution in [0.15, 0.2) is 17.6 Å². The molecule has 0 bridgehead atoms. The first kappa shape index (κ1) is 14.2. The number of aromatic nitrogens is 2. The Morgan fingerprint density at radius 3 is 3.00 bits per heavy atom. The van der Waals surface area contributed by atoms with Crippen molar-refractivity contribution >= 4 is 28.3 Å². The first-order valence-corrected chi connectivity index (χ1v) is 6.69. The SMILES string of the molecule is CNCC(=O)Nc1nc(-c2c[nH]c(C(=O)OC)c2)cs1. The third-order valence-corrected chi connectivity index (χ3v) is 3.23. The molecule has 0 aliphatic carbocycles. The average molecular weight is 294 g/mol. The second-order valence-corrected chi connectivity index (χ2v) is 4.77. The van der Waals surface area contributed by atoms with Crippen molar-refractivity contribution in [2.75, 3.05) is 26.0 Å². The Bertz CT molecular complexity index is 620. The molecule has 3 N–H and O–H groups in total. The summed E-state index contributed by atoms with van der Waals surface area (Å²) in [6.45, 7) is 0.228. The average Bonchev–Trinajstić information content (AvgIpc) is 3.06. The number of anilines is 1. The number of aromatic amines is 1. The Labute approximate surface area is 119 Å². The molecule has 0 aliphatic heterocycles. The van der Waals surface area contributed by atoms with E-state index in [4.69, 9.17) is 0 Å². The van der Waals surface area contributed by atoms with Crippen molar-refractivity contribution in [2.24, 2.45) is 0 Å². The van der Waals surface area contributed by atoms with Crippen molar-refractivity contribution in [3.63, 3.8) is 0 Å². The normalized spacial score (nSPS) is 10.3. The molecule has 2 aromatic heterocycles. The highest BCUT2D eigenvalue weighted by molar-refractivity contribution is 7.14. The number of rotatable bonds is 5. The van der Waals surface area contributed by atoms with Gasteiger partial charge in [0.15, 0.2) is 5.13 Å². The van der Waals surface area contributed by atoms with Crippen molar-refractivity contribution in [3.8, 4) is 11.3 Å². The molecule has 0 atom stereocenters. The zero-order valence-electron chi connectivity index (χ0n) is 11.0. The number of esters is 1. The van der Waals surface area contributed by atoms with Crippen molar-refractivity contribution < 1.29 is 14.3 Å². The quantitative estimate of drug-likeness (QED) is 0.717. The summed E-state index contributed by atoms with van der Waals surface area (Å²) in [6, 6.07) is 1.65. The number of likely N-dealkylation sites (N-methyl/N-ethyl adjacent to an activating group) is 1. The predicted octanol–water partition coefficient (Wildman–Crippen LogP) is 1.08. The fourth-order valence-electron chi connectivity index (χ4n) is 1.56. The molecule has 2 rings (SSSR count). The van der Waals surface area contributed by atoms with Gasteiger partial charge in [-0.25, -0.2) is 9.78 Å². The second kappa shape index (κ2) is 6.31. The highest BCUT2D eigenvalue weighted by Gasteiger charge is 2.12. The van der Waals surface area contributed by atoms with Gasteiger partial charge in [0.1, 0.15) is 5.69 Å². The van der Waals surface area contributed by atoms with E-state index in [9.17, 15) is 9.59 Å². The van der Waals surface area contributed by atoms with Gasteiger partial charge >= 0.3 is 5.97 Å². The van der Waals surface area contributed by atoms with E-state index >= 15 is 0 Å². The van der Waals surface area contributed by atoms with Crippen molar-refractivity contribution in [2.45, 2.75) is 0 Å². The third kappa shape index (κ3) is 3.22. The first-order chi connectivity index (χ1) is 9.63. The lowest BCUT2D eigenvalue weighted by Gasteiger charge is -1.99. The van der Waals surface area contributed by atoms with Gasteiger partial charge in [-0.3, -0.25) is 4.79 Å². The maximum absolute atomic E-state index is 11.4. The number of H-pyrrole nitrogens is 1. The maximum Gasteiger partial charge on any atom is 0.354 e. The van der Waals surface area contributed by atoms with Crippen LogP contribution in [0.3, 0.4) is 0 Å². The summed E-state index contributed by atoms with van der Waals surface area (Å²) in [5, 5.41) is 7.75. The van der Waals surface area contributed by atoms with Crippen LogP contribution in [-0.2, 0) is 9.53 Å². The smallest absolute Gasteiger partial charge is 0.354 e. The number of carbonyl (C=O) groups excluding carboxylic acids is 2. The van der Waals surface area contributed by atoms with Crippen LogP contribution in [-0.4, -0.2) is 42.5 Å². The van der Waals surface area contributed by atoms with Crippen LogP contribution in [0.4, 0.5) is 5.13 Å². The van der Waals surface area contributed by atoms with E-state index in [-0.39, 0.29) is 12.5 Å².